The van der Waals surface area contributed by atoms with Crippen molar-refractivity contribution < 1.29 is 9.59 Å². The number of nitrogens with zero attached hydrogens (tertiary/aromatic N) is 4. The zero-order valence-corrected chi connectivity index (χ0v) is 21.5. The molecule has 1 saturated carbocycles. The Morgan fingerprint density at radius 1 is 1.14 bits per heavy atom. The number of piperidine rings is 1. The highest BCUT2D eigenvalue weighted by Crippen LogP contribution is 2.36. The van der Waals surface area contributed by atoms with E-state index in [9.17, 15) is 9.59 Å². The van der Waals surface area contributed by atoms with Gasteiger partial charge in [-0.3, -0.25) is 14.3 Å². The number of fused-ring (bicyclic) bond motifs is 1. The number of carbonyl (C=O) groups excluding carboxylic acids is 2. The summed E-state index contributed by atoms with van der Waals surface area (Å²) in [6, 6.07) is 4.74. The van der Waals surface area contributed by atoms with Crippen LogP contribution in [-0.4, -0.2) is 64.9 Å². The van der Waals surface area contributed by atoms with Gasteiger partial charge in [-0.1, -0.05) is 18.4 Å². The van der Waals surface area contributed by atoms with E-state index in [1.165, 1.54) is 18.4 Å². The number of hydrogen-bond acceptors (Lipinski definition) is 5. The summed E-state index contributed by atoms with van der Waals surface area (Å²) in [6.45, 7) is 7.67. The molecule has 3 N–H and O–H groups in total. The van der Waals surface area contributed by atoms with Crippen LogP contribution < -0.4 is 11.1 Å². The zero-order valence-electron chi connectivity index (χ0n) is 21.5. The molecular formula is C28H38N6O2. The quantitative estimate of drug-likeness (QED) is 0.617. The third-order valence-corrected chi connectivity index (χ3v) is 8.20. The number of hydrogen-bond donors (Lipinski definition) is 2. The van der Waals surface area contributed by atoms with Crippen LogP contribution in [0, 0.1) is 5.92 Å². The molecule has 2 aliphatic heterocycles. The molecule has 5 rings (SSSR count). The van der Waals surface area contributed by atoms with E-state index in [0.717, 1.165) is 61.8 Å². The number of nitrogens with two attached hydrogens (primary N) is 1. The van der Waals surface area contributed by atoms with Crippen LogP contribution in [0.2, 0.25) is 0 Å². The fourth-order valence-corrected chi connectivity index (χ4v) is 6.15. The predicted molar refractivity (Wildman–Crippen MR) is 142 cm³/mol. The lowest BCUT2D eigenvalue weighted by Crippen LogP contribution is -2.36. The average molecular weight is 491 g/mol. The second-order valence-electron chi connectivity index (χ2n) is 10.7. The summed E-state index contributed by atoms with van der Waals surface area (Å²) in [7, 11) is 0. The molecule has 8 nitrogen and oxygen atoms in total. The predicted octanol–water partition coefficient (Wildman–Crippen LogP) is 3.58. The number of likely N-dealkylation sites (tertiary alicyclic amines) is 1. The molecule has 192 valence electrons. The van der Waals surface area contributed by atoms with Crippen LogP contribution in [-0.2, 0) is 4.79 Å². The van der Waals surface area contributed by atoms with Gasteiger partial charge in [0, 0.05) is 30.7 Å². The van der Waals surface area contributed by atoms with Gasteiger partial charge in [0.1, 0.15) is 0 Å². The van der Waals surface area contributed by atoms with Gasteiger partial charge < -0.3 is 16.0 Å². The topological polar surface area (TPSA) is 106 Å². The third kappa shape index (κ3) is 5.02. The molecule has 36 heavy (non-hydrogen) atoms. The van der Waals surface area contributed by atoms with E-state index in [4.69, 9.17) is 10.8 Å². The van der Waals surface area contributed by atoms with E-state index in [-0.39, 0.29) is 18.4 Å². The summed E-state index contributed by atoms with van der Waals surface area (Å²) in [5, 5.41) is 8.69. The molecule has 1 saturated heterocycles. The van der Waals surface area contributed by atoms with Crippen molar-refractivity contribution in [2.75, 3.05) is 32.7 Å². The van der Waals surface area contributed by atoms with Crippen molar-refractivity contribution in [3.63, 3.8) is 0 Å². The fraction of sp³-hybridized carbons (Fsp3) is 0.571. The number of benzene rings is 1. The number of rotatable bonds is 7. The Morgan fingerprint density at radius 3 is 2.58 bits per heavy atom. The van der Waals surface area contributed by atoms with Crippen molar-refractivity contribution in [1.29, 1.82) is 0 Å². The van der Waals surface area contributed by atoms with Gasteiger partial charge in [0.25, 0.3) is 11.8 Å². The second kappa shape index (κ2) is 10.6. The summed E-state index contributed by atoms with van der Waals surface area (Å²) >= 11 is 0. The van der Waals surface area contributed by atoms with E-state index in [2.05, 4.69) is 32.0 Å². The van der Waals surface area contributed by atoms with E-state index < -0.39 is 5.92 Å². The van der Waals surface area contributed by atoms with Gasteiger partial charge in [-0.25, -0.2) is 4.99 Å². The molecule has 1 unspecified atom stereocenters. The molecule has 3 heterocycles. The van der Waals surface area contributed by atoms with Crippen molar-refractivity contribution in [3.8, 4) is 0 Å². The summed E-state index contributed by atoms with van der Waals surface area (Å²) in [6.07, 6.45) is 10.6. The van der Waals surface area contributed by atoms with Crippen molar-refractivity contribution in [2.24, 2.45) is 16.6 Å². The maximum Gasteiger partial charge on any atom is 0.254 e. The van der Waals surface area contributed by atoms with Gasteiger partial charge in [0.2, 0.25) is 0 Å². The number of carbonyl (C=O) groups is 2. The Kier molecular flexibility index (Phi) is 7.34. The smallest absolute Gasteiger partial charge is 0.254 e. The first kappa shape index (κ1) is 24.8. The van der Waals surface area contributed by atoms with Gasteiger partial charge in [-0.15, -0.1) is 0 Å². The number of aliphatic imine (C=N–C) groups is 1. The summed E-state index contributed by atoms with van der Waals surface area (Å²) < 4.78 is 2.15. The molecule has 1 aromatic heterocycles. The number of dihydropyridines is 1. The van der Waals surface area contributed by atoms with Crippen LogP contribution in [0.1, 0.15) is 80.3 Å². The first-order valence-electron chi connectivity index (χ1n) is 13.4. The van der Waals surface area contributed by atoms with Crippen LogP contribution >= 0.6 is 0 Å². The Hall–Kier alpha value is -2.84. The van der Waals surface area contributed by atoms with Gasteiger partial charge in [0.15, 0.2) is 0 Å². The number of amides is 2. The highest BCUT2D eigenvalue weighted by atomic mass is 16.2. The van der Waals surface area contributed by atoms with Crippen LogP contribution in [0.3, 0.4) is 0 Å². The lowest BCUT2D eigenvalue weighted by atomic mass is 9.87. The largest absolute Gasteiger partial charge is 0.351 e. The maximum absolute atomic E-state index is 13.5. The van der Waals surface area contributed by atoms with Crippen LogP contribution in [0.15, 0.2) is 35.0 Å². The Balaban J connectivity index is 1.43. The minimum Gasteiger partial charge on any atom is -0.351 e. The molecule has 1 aliphatic carbocycles. The van der Waals surface area contributed by atoms with Crippen molar-refractivity contribution in [1.82, 2.24) is 20.0 Å². The fourth-order valence-electron chi connectivity index (χ4n) is 6.15. The molecule has 3 aliphatic rings. The number of allylic oxidation sites excluding steroid dienone is 1. The van der Waals surface area contributed by atoms with E-state index >= 15 is 0 Å². The van der Waals surface area contributed by atoms with Gasteiger partial charge in [-0.05, 0) is 82.3 Å². The molecule has 2 fully saturated rings. The van der Waals surface area contributed by atoms with E-state index in [0.29, 0.717) is 29.8 Å². The normalized spacial score (nSPS) is 22.2. The number of nitrogens with one attached hydrogen (secondary N) is 1. The summed E-state index contributed by atoms with van der Waals surface area (Å²) in [4.78, 5) is 32.5. The SMILES string of the molecule is CC1=CC(C)=NC(=O)C1CNC(=O)c1cc(C2CCN(CCN)CC2)cc2c1cnn2C1CCCC1. The highest BCUT2D eigenvalue weighted by molar-refractivity contribution is 6.08. The highest BCUT2D eigenvalue weighted by Gasteiger charge is 2.28. The van der Waals surface area contributed by atoms with Gasteiger partial charge in [-0.2, -0.15) is 5.10 Å². The monoisotopic (exact) mass is 490 g/mol. The second-order valence-corrected chi connectivity index (χ2v) is 10.7. The Bertz CT molecular complexity index is 1200. The summed E-state index contributed by atoms with van der Waals surface area (Å²) in [5.41, 5.74) is 10.3. The zero-order chi connectivity index (χ0) is 25.2. The standard InChI is InChI=1S/C28H38N6O2/c1-18-13-19(2)32-28(36)24(18)16-30-27(35)23-14-21(20-7-10-33(11-8-20)12-9-29)15-26-25(23)17-31-34(26)22-5-3-4-6-22/h13-15,17,20,22,24H,3-12,16,29H2,1-2H3,(H,30,35). The Labute approximate surface area is 213 Å². The molecule has 2 amide bonds. The minimum atomic E-state index is -0.413. The number of aromatic nitrogens is 2. The third-order valence-electron chi connectivity index (χ3n) is 8.20. The Morgan fingerprint density at radius 2 is 1.89 bits per heavy atom. The molecule has 1 atom stereocenters. The first-order chi connectivity index (χ1) is 17.4. The average Bonchev–Trinajstić information content (AvgIpc) is 3.53. The van der Waals surface area contributed by atoms with Crippen molar-refractivity contribution in [2.45, 2.75) is 64.3 Å². The first-order valence-corrected chi connectivity index (χ1v) is 13.4. The van der Waals surface area contributed by atoms with Crippen LogP contribution in [0.5, 0.6) is 0 Å². The van der Waals surface area contributed by atoms with E-state index in [1.807, 2.05) is 26.1 Å². The molecule has 1 aromatic carbocycles. The molecule has 0 bridgehead atoms. The molecule has 0 spiro atoms. The van der Waals surface area contributed by atoms with E-state index in [1.54, 1.807) is 0 Å². The van der Waals surface area contributed by atoms with Gasteiger partial charge >= 0.3 is 0 Å². The van der Waals surface area contributed by atoms with Gasteiger partial charge in [0.05, 0.1) is 29.2 Å². The maximum atomic E-state index is 13.5. The minimum absolute atomic E-state index is 0.153. The van der Waals surface area contributed by atoms with Crippen molar-refractivity contribution in [3.05, 3.63) is 41.1 Å². The molecular weight excluding hydrogens is 452 g/mol. The van der Waals surface area contributed by atoms with Crippen molar-refractivity contribution >= 4 is 28.4 Å². The summed E-state index contributed by atoms with van der Waals surface area (Å²) in [5.74, 6) is -0.348. The molecule has 0 radical (unpaired) electrons. The van der Waals surface area contributed by atoms with Crippen LogP contribution in [0.4, 0.5) is 0 Å². The lowest BCUT2D eigenvalue weighted by molar-refractivity contribution is -0.120. The van der Waals surface area contributed by atoms with Crippen LogP contribution in [0.25, 0.3) is 10.9 Å². The lowest BCUT2D eigenvalue weighted by Gasteiger charge is -2.32. The molecule has 2 aromatic rings. The molecule has 8 heteroatoms.